The lowest BCUT2D eigenvalue weighted by atomic mass is 9.91. The highest BCUT2D eigenvalue weighted by atomic mass is 14.9. The summed E-state index contributed by atoms with van der Waals surface area (Å²) in [6.45, 7) is 12.5. The van der Waals surface area contributed by atoms with E-state index in [9.17, 15) is 0 Å². The van der Waals surface area contributed by atoms with Gasteiger partial charge in [-0.25, -0.2) is 0 Å². The summed E-state index contributed by atoms with van der Waals surface area (Å²) >= 11 is 0. The number of rotatable bonds is 8. The van der Waals surface area contributed by atoms with Gasteiger partial charge in [-0.1, -0.05) is 58.9 Å². The molecular formula is C18H31N. The summed E-state index contributed by atoms with van der Waals surface area (Å²) in [6, 6.07) is 9.82. The Kier molecular flexibility index (Phi) is 7.15. The average molecular weight is 261 g/mol. The molecule has 1 N–H and O–H groups in total. The minimum absolute atomic E-state index is 0.626. The maximum Gasteiger partial charge on any atom is 0.00932 e. The molecule has 1 heteroatoms. The molecule has 2 atom stereocenters. The summed E-state index contributed by atoms with van der Waals surface area (Å²) in [5.41, 5.74) is 2.90. The van der Waals surface area contributed by atoms with Crippen molar-refractivity contribution in [1.82, 2.24) is 5.32 Å². The molecule has 0 heterocycles. The summed E-state index contributed by atoms with van der Waals surface area (Å²) in [4.78, 5) is 0. The number of benzene rings is 1. The Hall–Kier alpha value is -0.820. The van der Waals surface area contributed by atoms with E-state index in [1.165, 1.54) is 30.4 Å². The van der Waals surface area contributed by atoms with E-state index < -0.39 is 0 Å². The lowest BCUT2D eigenvalue weighted by Gasteiger charge is -2.24. The largest absolute Gasteiger partial charge is 0.314 e. The molecule has 0 bridgehead atoms. The number of hydrogen-bond acceptors (Lipinski definition) is 1. The lowest BCUT2D eigenvalue weighted by molar-refractivity contribution is 0.364. The zero-order valence-corrected chi connectivity index (χ0v) is 13.4. The van der Waals surface area contributed by atoms with Crippen LogP contribution in [0.1, 0.15) is 64.5 Å². The van der Waals surface area contributed by atoms with E-state index in [2.05, 4.69) is 64.2 Å². The smallest absolute Gasteiger partial charge is 0.00932 e. The van der Waals surface area contributed by atoms with Crippen LogP contribution >= 0.6 is 0 Å². The fourth-order valence-corrected chi connectivity index (χ4v) is 2.63. The second-order valence-electron chi connectivity index (χ2n) is 6.05. The van der Waals surface area contributed by atoms with Crippen LogP contribution in [0.2, 0.25) is 0 Å². The molecule has 0 saturated carbocycles. The topological polar surface area (TPSA) is 12.0 Å². The van der Waals surface area contributed by atoms with E-state index >= 15 is 0 Å². The summed E-state index contributed by atoms with van der Waals surface area (Å²) in [7, 11) is 0. The van der Waals surface area contributed by atoms with E-state index in [0.29, 0.717) is 17.9 Å². The van der Waals surface area contributed by atoms with E-state index in [1.807, 2.05) is 0 Å². The predicted molar refractivity (Wildman–Crippen MR) is 85.8 cm³/mol. The van der Waals surface area contributed by atoms with Crippen molar-refractivity contribution in [3.63, 3.8) is 0 Å². The molecule has 19 heavy (non-hydrogen) atoms. The fraction of sp³-hybridized carbons (Fsp3) is 0.667. The summed E-state index contributed by atoms with van der Waals surface area (Å²) in [5.74, 6) is 1.32. The average Bonchev–Trinajstić information content (AvgIpc) is 2.40. The van der Waals surface area contributed by atoms with Gasteiger partial charge in [0.25, 0.3) is 0 Å². The summed E-state index contributed by atoms with van der Waals surface area (Å²) in [5, 5.41) is 3.67. The van der Waals surface area contributed by atoms with Crippen LogP contribution in [0.4, 0.5) is 0 Å². The van der Waals surface area contributed by atoms with Crippen LogP contribution in [0.3, 0.4) is 0 Å². The van der Waals surface area contributed by atoms with Gasteiger partial charge in [-0.15, -0.1) is 0 Å². The van der Waals surface area contributed by atoms with Gasteiger partial charge in [-0.05, 0) is 48.8 Å². The SMILES string of the molecule is CCCNC(CC)C(C)Cc1ccc(C(C)C)cc1. The van der Waals surface area contributed by atoms with Crippen molar-refractivity contribution >= 4 is 0 Å². The van der Waals surface area contributed by atoms with E-state index in [4.69, 9.17) is 0 Å². The van der Waals surface area contributed by atoms with Crippen molar-refractivity contribution in [1.29, 1.82) is 0 Å². The molecule has 0 fully saturated rings. The third-order valence-electron chi connectivity index (χ3n) is 3.99. The first kappa shape index (κ1) is 16.2. The summed E-state index contributed by atoms with van der Waals surface area (Å²) < 4.78 is 0. The second kappa shape index (κ2) is 8.37. The molecule has 0 aliphatic carbocycles. The Morgan fingerprint density at radius 3 is 2.11 bits per heavy atom. The van der Waals surface area contributed by atoms with Gasteiger partial charge < -0.3 is 5.32 Å². The Labute approximate surface area is 119 Å². The molecular weight excluding hydrogens is 230 g/mol. The van der Waals surface area contributed by atoms with Gasteiger partial charge >= 0.3 is 0 Å². The van der Waals surface area contributed by atoms with Gasteiger partial charge in [-0.3, -0.25) is 0 Å². The van der Waals surface area contributed by atoms with E-state index in [1.54, 1.807) is 0 Å². The van der Waals surface area contributed by atoms with E-state index in [-0.39, 0.29) is 0 Å². The first-order valence-electron chi connectivity index (χ1n) is 7.90. The Bertz CT molecular complexity index is 339. The molecule has 0 saturated heterocycles. The van der Waals surface area contributed by atoms with Crippen LogP contribution in [0.5, 0.6) is 0 Å². The van der Waals surface area contributed by atoms with Crippen LogP contribution in [0.25, 0.3) is 0 Å². The maximum absolute atomic E-state index is 3.67. The zero-order chi connectivity index (χ0) is 14.3. The van der Waals surface area contributed by atoms with Crippen molar-refractivity contribution in [3.05, 3.63) is 35.4 Å². The highest BCUT2D eigenvalue weighted by Crippen LogP contribution is 2.18. The minimum atomic E-state index is 0.626. The van der Waals surface area contributed by atoms with Crippen LogP contribution < -0.4 is 5.32 Å². The second-order valence-corrected chi connectivity index (χ2v) is 6.05. The molecule has 0 amide bonds. The molecule has 2 unspecified atom stereocenters. The number of nitrogens with one attached hydrogen (secondary N) is 1. The fourth-order valence-electron chi connectivity index (χ4n) is 2.63. The van der Waals surface area contributed by atoms with E-state index in [0.717, 1.165) is 6.54 Å². The minimum Gasteiger partial charge on any atom is -0.314 e. The molecule has 0 aliphatic rings. The van der Waals surface area contributed by atoms with Gasteiger partial charge in [0.15, 0.2) is 0 Å². The van der Waals surface area contributed by atoms with Gasteiger partial charge in [-0.2, -0.15) is 0 Å². The highest BCUT2D eigenvalue weighted by molar-refractivity contribution is 5.25. The van der Waals surface area contributed by atoms with Crippen molar-refractivity contribution < 1.29 is 0 Å². The van der Waals surface area contributed by atoms with Crippen LogP contribution in [0.15, 0.2) is 24.3 Å². The molecule has 0 radical (unpaired) electrons. The van der Waals surface area contributed by atoms with Gasteiger partial charge in [0.2, 0.25) is 0 Å². The monoisotopic (exact) mass is 261 g/mol. The normalized spacial score (nSPS) is 14.6. The third-order valence-corrected chi connectivity index (χ3v) is 3.99. The molecule has 0 spiro atoms. The van der Waals surface area contributed by atoms with Gasteiger partial charge in [0.05, 0.1) is 0 Å². The first-order valence-corrected chi connectivity index (χ1v) is 7.90. The molecule has 0 aliphatic heterocycles. The lowest BCUT2D eigenvalue weighted by Crippen LogP contribution is -2.35. The Morgan fingerprint density at radius 1 is 1.00 bits per heavy atom. The van der Waals surface area contributed by atoms with Crippen molar-refractivity contribution in [3.8, 4) is 0 Å². The maximum atomic E-state index is 3.67. The van der Waals surface area contributed by atoms with Crippen molar-refractivity contribution in [2.75, 3.05) is 6.54 Å². The van der Waals surface area contributed by atoms with Crippen molar-refractivity contribution in [2.24, 2.45) is 5.92 Å². The zero-order valence-electron chi connectivity index (χ0n) is 13.4. The van der Waals surface area contributed by atoms with Crippen LogP contribution in [0, 0.1) is 5.92 Å². The van der Waals surface area contributed by atoms with Crippen LogP contribution in [-0.4, -0.2) is 12.6 Å². The highest BCUT2D eigenvalue weighted by Gasteiger charge is 2.14. The van der Waals surface area contributed by atoms with Gasteiger partial charge in [0.1, 0.15) is 0 Å². The van der Waals surface area contributed by atoms with Crippen LogP contribution in [-0.2, 0) is 6.42 Å². The molecule has 1 rings (SSSR count). The number of hydrogen-bond donors (Lipinski definition) is 1. The Morgan fingerprint density at radius 2 is 1.63 bits per heavy atom. The predicted octanol–water partition coefficient (Wildman–Crippen LogP) is 4.77. The Balaban J connectivity index is 2.57. The third kappa shape index (κ3) is 5.36. The molecule has 108 valence electrons. The van der Waals surface area contributed by atoms with Gasteiger partial charge in [0, 0.05) is 6.04 Å². The summed E-state index contributed by atoms with van der Waals surface area (Å²) in [6.07, 6.45) is 3.60. The molecule has 1 aromatic rings. The quantitative estimate of drug-likeness (QED) is 0.711. The first-order chi connectivity index (χ1) is 9.08. The molecule has 1 aromatic carbocycles. The molecule has 0 aromatic heterocycles. The standard InChI is InChI=1S/C18H31N/c1-6-12-19-18(7-2)15(5)13-16-8-10-17(11-9-16)14(3)4/h8-11,14-15,18-19H,6-7,12-13H2,1-5H3. The van der Waals surface area contributed by atoms with Crippen molar-refractivity contribution in [2.45, 2.75) is 65.8 Å². The molecule has 1 nitrogen and oxygen atoms in total.